The van der Waals surface area contributed by atoms with Crippen LogP contribution in [0.15, 0.2) is 121 Å². The van der Waals surface area contributed by atoms with Gasteiger partial charge >= 0.3 is 0 Å². The molecule has 5 rings (SSSR count). The third-order valence-corrected chi connectivity index (χ3v) is 10.3. The highest BCUT2D eigenvalue weighted by molar-refractivity contribution is 7.96. The van der Waals surface area contributed by atoms with Crippen molar-refractivity contribution < 1.29 is 9.90 Å². The second kappa shape index (κ2) is 9.77. The largest absolute Gasteiger partial charge is 0.481 e. The molecule has 0 aliphatic heterocycles. The van der Waals surface area contributed by atoms with Gasteiger partial charge in [0.1, 0.15) is 28.8 Å². The molecule has 3 heteroatoms. The van der Waals surface area contributed by atoms with Crippen LogP contribution < -0.4 is 15.9 Å². The number of allylic oxidation sites excluding steroid dienone is 1. The highest BCUT2D eigenvalue weighted by Crippen LogP contribution is 2.68. The van der Waals surface area contributed by atoms with Gasteiger partial charge in [-0.3, -0.25) is 4.79 Å². The third kappa shape index (κ3) is 4.15. The van der Waals surface area contributed by atoms with Crippen LogP contribution in [-0.2, 0) is 4.79 Å². The molecule has 0 saturated carbocycles. The van der Waals surface area contributed by atoms with Gasteiger partial charge in [0.15, 0.2) is 0 Å². The molecule has 0 bridgehead atoms. The Morgan fingerprint density at radius 2 is 1.03 bits per heavy atom. The fourth-order valence-electron chi connectivity index (χ4n) is 4.49. The number of carbonyl (C=O) groups is 1. The fourth-order valence-corrected chi connectivity index (χ4v) is 9.27. The lowest BCUT2D eigenvalue weighted by Crippen LogP contribution is -2.34. The number of hydrogen-bond acceptors (Lipinski definition) is 1. The van der Waals surface area contributed by atoms with Crippen molar-refractivity contribution in [3.63, 3.8) is 0 Å². The van der Waals surface area contributed by atoms with E-state index in [2.05, 4.69) is 127 Å². The first-order valence-corrected chi connectivity index (χ1v) is 12.5. The zero-order chi connectivity index (χ0) is 22.4. The van der Waals surface area contributed by atoms with Crippen molar-refractivity contribution >= 4 is 35.2 Å². The molecular formula is C29H26O2P+. The molecule has 1 N–H and O–H groups in total. The van der Waals surface area contributed by atoms with Gasteiger partial charge in [-0.25, -0.2) is 0 Å². The molecule has 1 aliphatic carbocycles. The van der Waals surface area contributed by atoms with E-state index < -0.39 is 13.2 Å². The number of rotatable bonds is 4. The molecule has 4 aromatic carbocycles. The monoisotopic (exact) mass is 437 g/mol. The van der Waals surface area contributed by atoms with E-state index in [0.717, 1.165) is 6.92 Å². The summed E-state index contributed by atoms with van der Waals surface area (Å²) >= 11 is 0. The number of benzene rings is 4. The zero-order valence-corrected chi connectivity index (χ0v) is 18.9. The molecule has 1 atom stereocenters. The molecule has 1 unspecified atom stereocenters. The molecule has 32 heavy (non-hydrogen) atoms. The highest BCUT2D eigenvalue weighted by Gasteiger charge is 2.53. The topological polar surface area (TPSA) is 37.3 Å². The van der Waals surface area contributed by atoms with Gasteiger partial charge in [-0.05, 0) is 48.0 Å². The van der Waals surface area contributed by atoms with E-state index in [9.17, 15) is 0 Å². The first-order valence-electron chi connectivity index (χ1n) is 10.7. The van der Waals surface area contributed by atoms with Gasteiger partial charge in [0.05, 0.1) is 0 Å². The summed E-state index contributed by atoms with van der Waals surface area (Å²) < 4.78 is 0. The average molecular weight is 437 g/mol. The first-order chi connectivity index (χ1) is 15.6. The quantitative estimate of drug-likeness (QED) is 0.407. The summed E-state index contributed by atoms with van der Waals surface area (Å²) in [6.45, 7) is 1.08. The van der Waals surface area contributed by atoms with Crippen LogP contribution in [0.1, 0.15) is 23.7 Å². The number of aliphatic carboxylic acids is 1. The van der Waals surface area contributed by atoms with Gasteiger partial charge in [-0.1, -0.05) is 84.9 Å². The summed E-state index contributed by atoms with van der Waals surface area (Å²) in [4.78, 5) is 9.00. The summed E-state index contributed by atoms with van der Waals surface area (Å²) in [5.74, 6) is -0.833. The van der Waals surface area contributed by atoms with Gasteiger partial charge in [0.2, 0.25) is 0 Å². The molecule has 0 amide bonds. The van der Waals surface area contributed by atoms with Crippen molar-refractivity contribution in [3.05, 3.63) is 132 Å². The molecule has 158 valence electrons. The maximum Gasteiger partial charge on any atom is 0.300 e. The van der Waals surface area contributed by atoms with Gasteiger partial charge in [0, 0.05) is 12.5 Å². The minimum atomic E-state index is -1.92. The van der Waals surface area contributed by atoms with E-state index in [4.69, 9.17) is 9.90 Å². The van der Waals surface area contributed by atoms with Crippen LogP contribution >= 0.6 is 7.26 Å². The number of carboxylic acids is 1. The summed E-state index contributed by atoms with van der Waals surface area (Å²) in [7, 11) is -1.92. The van der Waals surface area contributed by atoms with Crippen LogP contribution in [-0.4, -0.2) is 11.1 Å². The van der Waals surface area contributed by atoms with E-state index in [1.807, 2.05) is 0 Å². The van der Waals surface area contributed by atoms with Gasteiger partial charge in [-0.15, -0.1) is 0 Å². The molecule has 0 heterocycles. The van der Waals surface area contributed by atoms with Crippen LogP contribution in [0.5, 0.6) is 0 Å². The standard InChI is InChI=1S/C27H22P.C2H4O2/c1-4-13-23(14-5-1)28(24-15-6-2-7-16-24,25-17-8-3-9-18-25)27-21-20-22-12-10-11-19-26(22)27;1-2(3)4/h1-21,27H;1H3,(H,3,4)/q+1;. The Hall–Kier alpha value is -3.48. The lowest BCUT2D eigenvalue weighted by molar-refractivity contribution is -0.134. The molecule has 2 nitrogen and oxygen atoms in total. The molecule has 0 spiro atoms. The molecule has 4 aromatic rings. The van der Waals surface area contributed by atoms with E-state index in [-0.39, 0.29) is 0 Å². The van der Waals surface area contributed by atoms with Crippen LogP contribution in [0.25, 0.3) is 6.08 Å². The minimum Gasteiger partial charge on any atom is -0.481 e. The number of fused-ring (bicyclic) bond motifs is 1. The first kappa shape index (κ1) is 21.7. The Balaban J connectivity index is 0.000000567. The molecule has 0 radical (unpaired) electrons. The van der Waals surface area contributed by atoms with E-state index in [0.29, 0.717) is 5.66 Å². The third-order valence-electron chi connectivity index (χ3n) is 5.68. The highest BCUT2D eigenvalue weighted by atomic mass is 31.2. The van der Waals surface area contributed by atoms with Gasteiger partial charge in [-0.2, -0.15) is 0 Å². The molecule has 0 saturated heterocycles. The van der Waals surface area contributed by atoms with Crippen LogP contribution in [0.4, 0.5) is 0 Å². The summed E-state index contributed by atoms with van der Waals surface area (Å²) in [6, 6.07) is 42.2. The summed E-state index contributed by atoms with van der Waals surface area (Å²) in [5, 5.41) is 11.7. The van der Waals surface area contributed by atoms with E-state index in [1.54, 1.807) is 0 Å². The Labute approximate surface area is 190 Å². The van der Waals surface area contributed by atoms with Crippen LogP contribution in [0.3, 0.4) is 0 Å². The summed E-state index contributed by atoms with van der Waals surface area (Å²) in [6.07, 6.45) is 4.75. The molecular weight excluding hydrogens is 411 g/mol. The Kier molecular flexibility index (Phi) is 6.63. The Morgan fingerprint density at radius 3 is 1.47 bits per heavy atom. The van der Waals surface area contributed by atoms with E-state index >= 15 is 0 Å². The van der Waals surface area contributed by atoms with Crippen molar-refractivity contribution in [2.45, 2.75) is 12.6 Å². The van der Waals surface area contributed by atoms with E-state index in [1.165, 1.54) is 27.0 Å². The molecule has 1 aliphatic rings. The summed E-state index contributed by atoms with van der Waals surface area (Å²) in [5.41, 5.74) is 3.13. The number of hydrogen-bond donors (Lipinski definition) is 1. The normalized spacial score (nSPS) is 14.2. The lowest BCUT2D eigenvalue weighted by Gasteiger charge is -2.32. The smallest absolute Gasteiger partial charge is 0.300 e. The second-order valence-electron chi connectivity index (χ2n) is 7.68. The zero-order valence-electron chi connectivity index (χ0n) is 18.0. The SMILES string of the molecule is C1=CC([P+](c2ccccc2)(c2ccccc2)c2ccccc2)c2ccccc21.CC(=O)O. The Morgan fingerprint density at radius 1 is 0.656 bits per heavy atom. The van der Waals surface area contributed by atoms with Gasteiger partial charge in [0.25, 0.3) is 5.97 Å². The maximum atomic E-state index is 9.00. The lowest BCUT2D eigenvalue weighted by atomic mass is 10.1. The predicted octanol–water partition coefficient (Wildman–Crippen LogP) is 5.84. The predicted molar refractivity (Wildman–Crippen MR) is 137 cm³/mol. The van der Waals surface area contributed by atoms with Crippen molar-refractivity contribution in [1.29, 1.82) is 0 Å². The minimum absolute atomic E-state index is 0.343. The molecule has 0 aromatic heterocycles. The van der Waals surface area contributed by atoms with Crippen molar-refractivity contribution in [2.24, 2.45) is 0 Å². The van der Waals surface area contributed by atoms with Crippen molar-refractivity contribution in [3.8, 4) is 0 Å². The van der Waals surface area contributed by atoms with Crippen molar-refractivity contribution in [1.82, 2.24) is 0 Å². The van der Waals surface area contributed by atoms with Crippen LogP contribution in [0.2, 0.25) is 0 Å². The second-order valence-corrected chi connectivity index (χ2v) is 11.2. The molecule has 0 fully saturated rings. The maximum absolute atomic E-state index is 9.00. The van der Waals surface area contributed by atoms with Crippen LogP contribution in [0, 0.1) is 0 Å². The van der Waals surface area contributed by atoms with Gasteiger partial charge < -0.3 is 5.11 Å². The fraction of sp³-hybridized carbons (Fsp3) is 0.0690. The average Bonchev–Trinajstić information content (AvgIpc) is 3.26. The Bertz CT molecular complexity index is 1100. The number of carboxylic acid groups (broad SMARTS) is 1. The van der Waals surface area contributed by atoms with Crippen molar-refractivity contribution in [2.75, 3.05) is 0 Å².